The molecule has 0 spiro atoms. The van der Waals surface area contributed by atoms with Crippen molar-refractivity contribution in [1.29, 1.82) is 0 Å². The predicted molar refractivity (Wildman–Crippen MR) is 101 cm³/mol. The average molecular weight is 324 g/mol. The van der Waals surface area contributed by atoms with Gasteiger partial charge in [-0.05, 0) is 41.9 Å². The van der Waals surface area contributed by atoms with Gasteiger partial charge in [-0.3, -0.25) is 0 Å². The van der Waals surface area contributed by atoms with Gasteiger partial charge in [0.2, 0.25) is 0 Å². The Morgan fingerprint density at radius 3 is 2.33 bits per heavy atom. The van der Waals surface area contributed by atoms with E-state index in [9.17, 15) is 0 Å². The summed E-state index contributed by atoms with van der Waals surface area (Å²) in [6.07, 6.45) is 4.13. The van der Waals surface area contributed by atoms with Gasteiger partial charge in [-0.25, -0.2) is 9.97 Å². The van der Waals surface area contributed by atoms with Crippen LogP contribution in [0.2, 0.25) is 0 Å². The van der Waals surface area contributed by atoms with E-state index in [0.717, 1.165) is 36.3 Å². The maximum Gasteiger partial charge on any atom is 0.135 e. The van der Waals surface area contributed by atoms with Crippen molar-refractivity contribution in [2.75, 3.05) is 23.3 Å². The fraction of sp³-hybridized carbons (Fsp3) is 0.500. The Hall–Kier alpha value is -2.10. The molecule has 2 aromatic rings. The average Bonchev–Trinajstić information content (AvgIpc) is 2.55. The molecule has 0 atom stereocenters. The summed E-state index contributed by atoms with van der Waals surface area (Å²) >= 11 is 0. The highest BCUT2D eigenvalue weighted by atomic mass is 15.2. The lowest BCUT2D eigenvalue weighted by atomic mass is 9.87. The third-order valence-corrected chi connectivity index (χ3v) is 4.78. The standard InChI is InChI=1S/C20H28N4/c1-15-9-11-24(12-10-15)19-13-18(21-14-22-19)23-17-7-5-16(6-8-17)20(2,3)4/h5-8,13-15H,9-12H2,1-4H3,(H,21,22,23). The number of nitrogens with zero attached hydrogens (tertiary/aromatic N) is 3. The molecule has 1 saturated heterocycles. The first-order chi connectivity index (χ1) is 11.4. The first kappa shape index (κ1) is 16.7. The monoisotopic (exact) mass is 324 g/mol. The summed E-state index contributed by atoms with van der Waals surface area (Å²) < 4.78 is 0. The molecular formula is C20H28N4. The molecule has 0 radical (unpaired) electrons. The topological polar surface area (TPSA) is 41.0 Å². The van der Waals surface area contributed by atoms with Gasteiger partial charge in [0.15, 0.2) is 0 Å². The van der Waals surface area contributed by atoms with Crippen LogP contribution in [0.25, 0.3) is 0 Å². The van der Waals surface area contributed by atoms with E-state index in [0.29, 0.717) is 0 Å². The van der Waals surface area contributed by atoms with Gasteiger partial charge in [0.25, 0.3) is 0 Å². The molecule has 3 rings (SSSR count). The zero-order valence-electron chi connectivity index (χ0n) is 15.2. The van der Waals surface area contributed by atoms with Crippen LogP contribution in [-0.2, 0) is 5.41 Å². The Morgan fingerprint density at radius 2 is 1.71 bits per heavy atom. The number of rotatable bonds is 3. The van der Waals surface area contributed by atoms with Crippen molar-refractivity contribution in [3.05, 3.63) is 42.2 Å². The van der Waals surface area contributed by atoms with Crippen LogP contribution < -0.4 is 10.2 Å². The lowest BCUT2D eigenvalue weighted by molar-refractivity contribution is 0.436. The van der Waals surface area contributed by atoms with E-state index in [1.54, 1.807) is 6.33 Å². The van der Waals surface area contributed by atoms with E-state index < -0.39 is 0 Å². The van der Waals surface area contributed by atoms with Crippen molar-refractivity contribution in [1.82, 2.24) is 9.97 Å². The number of benzene rings is 1. The Balaban J connectivity index is 1.70. The van der Waals surface area contributed by atoms with Crippen molar-refractivity contribution >= 4 is 17.3 Å². The van der Waals surface area contributed by atoms with Crippen molar-refractivity contribution in [3.8, 4) is 0 Å². The van der Waals surface area contributed by atoms with Gasteiger partial charge < -0.3 is 10.2 Å². The zero-order valence-corrected chi connectivity index (χ0v) is 15.2. The Labute approximate surface area is 145 Å². The fourth-order valence-corrected chi connectivity index (χ4v) is 3.03. The minimum Gasteiger partial charge on any atom is -0.356 e. The number of nitrogens with one attached hydrogen (secondary N) is 1. The maximum atomic E-state index is 4.45. The first-order valence-electron chi connectivity index (χ1n) is 8.86. The summed E-state index contributed by atoms with van der Waals surface area (Å²) in [5.41, 5.74) is 2.56. The van der Waals surface area contributed by atoms with E-state index >= 15 is 0 Å². The third-order valence-electron chi connectivity index (χ3n) is 4.78. The van der Waals surface area contributed by atoms with E-state index in [4.69, 9.17) is 0 Å². The van der Waals surface area contributed by atoms with Crippen molar-refractivity contribution in [2.24, 2.45) is 5.92 Å². The molecule has 1 aliphatic rings. The lowest BCUT2D eigenvalue weighted by Gasteiger charge is -2.31. The van der Waals surface area contributed by atoms with Crippen LogP contribution in [0.5, 0.6) is 0 Å². The molecule has 0 unspecified atom stereocenters. The summed E-state index contributed by atoms with van der Waals surface area (Å²) in [7, 11) is 0. The second-order valence-electron chi connectivity index (χ2n) is 7.88. The number of hydrogen-bond donors (Lipinski definition) is 1. The molecule has 24 heavy (non-hydrogen) atoms. The van der Waals surface area contributed by atoms with Crippen LogP contribution in [-0.4, -0.2) is 23.1 Å². The largest absolute Gasteiger partial charge is 0.356 e. The Bertz CT molecular complexity index is 665. The van der Waals surface area contributed by atoms with Crippen LogP contribution in [0, 0.1) is 5.92 Å². The van der Waals surface area contributed by atoms with E-state index in [1.165, 1.54) is 18.4 Å². The van der Waals surface area contributed by atoms with Crippen LogP contribution >= 0.6 is 0 Å². The third kappa shape index (κ3) is 4.05. The summed E-state index contributed by atoms with van der Waals surface area (Å²) in [6.45, 7) is 11.2. The minimum absolute atomic E-state index is 0.173. The van der Waals surface area contributed by atoms with E-state index in [2.05, 4.69) is 72.1 Å². The normalized spacial score (nSPS) is 16.2. The highest BCUT2D eigenvalue weighted by Crippen LogP contribution is 2.26. The van der Waals surface area contributed by atoms with E-state index in [-0.39, 0.29) is 5.41 Å². The van der Waals surface area contributed by atoms with Gasteiger partial charge in [-0.15, -0.1) is 0 Å². The molecule has 1 N–H and O–H groups in total. The zero-order chi connectivity index (χ0) is 17.2. The summed E-state index contributed by atoms with van der Waals surface area (Å²) in [4.78, 5) is 11.2. The molecule has 1 aromatic heterocycles. The highest BCUT2D eigenvalue weighted by Gasteiger charge is 2.17. The van der Waals surface area contributed by atoms with Gasteiger partial charge in [0.1, 0.15) is 18.0 Å². The van der Waals surface area contributed by atoms with Crippen LogP contribution in [0.15, 0.2) is 36.7 Å². The summed E-state index contributed by atoms with van der Waals surface area (Å²) in [5.74, 6) is 2.69. The number of anilines is 3. The van der Waals surface area contributed by atoms with Gasteiger partial charge in [0, 0.05) is 24.8 Å². The molecule has 1 fully saturated rings. The Kier molecular flexibility index (Phi) is 4.74. The SMILES string of the molecule is CC1CCN(c2cc(Nc3ccc(C(C)(C)C)cc3)ncn2)CC1. The van der Waals surface area contributed by atoms with Crippen molar-refractivity contribution < 1.29 is 0 Å². The van der Waals surface area contributed by atoms with Gasteiger partial charge in [0.05, 0.1) is 0 Å². The molecule has 4 heteroatoms. The molecule has 4 nitrogen and oxygen atoms in total. The molecule has 1 aliphatic heterocycles. The lowest BCUT2D eigenvalue weighted by Crippen LogP contribution is -2.33. The second kappa shape index (κ2) is 6.80. The number of piperidine rings is 1. The molecule has 0 bridgehead atoms. The van der Waals surface area contributed by atoms with Gasteiger partial charge in [-0.1, -0.05) is 39.8 Å². The van der Waals surface area contributed by atoms with Crippen LogP contribution in [0.4, 0.5) is 17.3 Å². The smallest absolute Gasteiger partial charge is 0.135 e. The van der Waals surface area contributed by atoms with Crippen molar-refractivity contribution in [2.45, 2.75) is 46.0 Å². The summed E-state index contributed by atoms with van der Waals surface area (Å²) in [5, 5.41) is 3.39. The van der Waals surface area contributed by atoms with Gasteiger partial charge in [-0.2, -0.15) is 0 Å². The quantitative estimate of drug-likeness (QED) is 0.884. The second-order valence-corrected chi connectivity index (χ2v) is 7.88. The number of aromatic nitrogens is 2. The minimum atomic E-state index is 0.173. The van der Waals surface area contributed by atoms with Crippen molar-refractivity contribution in [3.63, 3.8) is 0 Å². The first-order valence-corrected chi connectivity index (χ1v) is 8.86. The Morgan fingerprint density at radius 1 is 1.04 bits per heavy atom. The predicted octanol–water partition coefficient (Wildman–Crippen LogP) is 4.75. The fourth-order valence-electron chi connectivity index (χ4n) is 3.03. The number of hydrogen-bond acceptors (Lipinski definition) is 4. The maximum absolute atomic E-state index is 4.45. The van der Waals surface area contributed by atoms with Crippen LogP contribution in [0.3, 0.4) is 0 Å². The van der Waals surface area contributed by atoms with Crippen LogP contribution in [0.1, 0.15) is 46.1 Å². The molecule has 2 heterocycles. The molecule has 1 aromatic carbocycles. The molecule has 0 aliphatic carbocycles. The molecule has 0 amide bonds. The molecular weight excluding hydrogens is 296 g/mol. The van der Waals surface area contributed by atoms with Gasteiger partial charge >= 0.3 is 0 Å². The molecule has 128 valence electrons. The summed E-state index contributed by atoms with van der Waals surface area (Å²) in [6, 6.07) is 10.6. The molecule has 0 saturated carbocycles. The highest BCUT2D eigenvalue weighted by molar-refractivity contribution is 5.59. The van der Waals surface area contributed by atoms with E-state index in [1.807, 2.05) is 6.07 Å².